The van der Waals surface area contributed by atoms with E-state index in [1.807, 2.05) is 19.9 Å². The minimum absolute atomic E-state index is 0.0516. The molecule has 1 fully saturated rings. The summed E-state index contributed by atoms with van der Waals surface area (Å²) < 4.78 is 5.23. The van der Waals surface area contributed by atoms with Gasteiger partial charge in [-0.25, -0.2) is 0 Å². The maximum Gasteiger partial charge on any atom is 0.234 e. The van der Waals surface area contributed by atoms with Crippen molar-refractivity contribution < 1.29 is 14.3 Å². The van der Waals surface area contributed by atoms with E-state index >= 15 is 0 Å². The number of benzene rings is 1. The minimum Gasteiger partial charge on any atom is -0.384 e. The van der Waals surface area contributed by atoms with Crippen molar-refractivity contribution in [1.82, 2.24) is 5.32 Å². The van der Waals surface area contributed by atoms with E-state index in [0.717, 1.165) is 13.0 Å². The van der Waals surface area contributed by atoms with Crippen LogP contribution >= 0.6 is 0 Å². The second-order valence-electron chi connectivity index (χ2n) is 6.32. The van der Waals surface area contributed by atoms with Crippen LogP contribution in [0.15, 0.2) is 24.3 Å². The van der Waals surface area contributed by atoms with Gasteiger partial charge in [-0.1, -0.05) is 19.9 Å². The Bertz CT molecular complexity index is 566. The van der Waals surface area contributed by atoms with Gasteiger partial charge in [0.15, 0.2) is 0 Å². The number of anilines is 2. The summed E-state index contributed by atoms with van der Waals surface area (Å²) in [6, 6.07) is 7.19. The van der Waals surface area contributed by atoms with Gasteiger partial charge >= 0.3 is 0 Å². The Balaban J connectivity index is 2.07. The monoisotopic (exact) mass is 319 g/mol. The van der Waals surface area contributed by atoms with E-state index in [1.165, 1.54) is 0 Å². The van der Waals surface area contributed by atoms with Crippen LogP contribution in [0.5, 0.6) is 0 Å². The van der Waals surface area contributed by atoms with Crippen molar-refractivity contribution in [3.63, 3.8) is 0 Å². The van der Waals surface area contributed by atoms with Gasteiger partial charge in [-0.15, -0.1) is 0 Å². The Labute approximate surface area is 137 Å². The molecule has 1 aromatic rings. The molecule has 1 heterocycles. The fourth-order valence-electron chi connectivity index (χ4n) is 2.63. The maximum absolute atomic E-state index is 12.6. The number of ether oxygens (including phenoxy) is 1. The molecule has 0 aromatic heterocycles. The minimum atomic E-state index is -0.536. The van der Waals surface area contributed by atoms with E-state index in [-0.39, 0.29) is 17.7 Å². The second-order valence-corrected chi connectivity index (χ2v) is 6.32. The number of methoxy groups -OCH3 is 1. The fraction of sp³-hybridized carbons (Fsp3) is 0.529. The van der Waals surface area contributed by atoms with Crippen LogP contribution in [-0.2, 0) is 14.3 Å². The van der Waals surface area contributed by atoms with Gasteiger partial charge in [0.25, 0.3) is 0 Å². The summed E-state index contributed by atoms with van der Waals surface area (Å²) in [5, 5.41) is 8.99. The number of carbonyl (C=O) groups is 2. The zero-order valence-corrected chi connectivity index (χ0v) is 13.9. The summed E-state index contributed by atoms with van der Waals surface area (Å²) in [6.45, 7) is 5.47. The molecular formula is C17H25N3O3. The molecule has 1 atom stereocenters. The Kier molecular flexibility index (Phi) is 5.74. The van der Waals surface area contributed by atoms with E-state index < -0.39 is 5.41 Å². The molecule has 1 aromatic carbocycles. The molecule has 0 spiro atoms. The molecule has 6 nitrogen and oxygen atoms in total. The maximum atomic E-state index is 12.6. The molecule has 1 saturated heterocycles. The normalized spacial score (nSPS) is 20.5. The van der Waals surface area contributed by atoms with Crippen LogP contribution in [0.25, 0.3) is 0 Å². The molecule has 1 aliphatic rings. The van der Waals surface area contributed by atoms with E-state index in [2.05, 4.69) is 16.0 Å². The van der Waals surface area contributed by atoms with E-state index in [1.54, 1.807) is 25.3 Å². The average Bonchev–Trinajstić information content (AvgIpc) is 2.98. The van der Waals surface area contributed by atoms with Crippen molar-refractivity contribution in [2.45, 2.75) is 20.3 Å². The smallest absolute Gasteiger partial charge is 0.234 e. The van der Waals surface area contributed by atoms with Crippen LogP contribution in [-0.4, -0.2) is 38.6 Å². The quantitative estimate of drug-likeness (QED) is 0.747. The van der Waals surface area contributed by atoms with Gasteiger partial charge in [-0.05, 0) is 31.2 Å². The Morgan fingerprint density at radius 2 is 2.00 bits per heavy atom. The second kappa shape index (κ2) is 7.57. The molecule has 1 unspecified atom stereocenters. The number of amides is 2. The molecule has 126 valence electrons. The SMILES string of the molecule is COCC1(C(=O)Nc2cccc(NC(=O)C(C)C)c2)CCNC1. The van der Waals surface area contributed by atoms with Crippen LogP contribution in [0.4, 0.5) is 11.4 Å². The van der Waals surface area contributed by atoms with Crippen LogP contribution in [0.3, 0.4) is 0 Å². The average molecular weight is 319 g/mol. The highest BCUT2D eigenvalue weighted by Gasteiger charge is 2.41. The molecule has 23 heavy (non-hydrogen) atoms. The third-order valence-corrected chi connectivity index (χ3v) is 4.06. The highest BCUT2D eigenvalue weighted by Crippen LogP contribution is 2.28. The molecule has 2 amide bonds. The number of hydrogen-bond acceptors (Lipinski definition) is 4. The molecule has 6 heteroatoms. The first-order chi connectivity index (χ1) is 11.0. The van der Waals surface area contributed by atoms with E-state index in [9.17, 15) is 9.59 Å². The molecule has 1 aliphatic heterocycles. The zero-order chi connectivity index (χ0) is 16.9. The highest BCUT2D eigenvalue weighted by atomic mass is 16.5. The van der Waals surface area contributed by atoms with Crippen LogP contribution < -0.4 is 16.0 Å². The van der Waals surface area contributed by atoms with E-state index in [0.29, 0.717) is 24.5 Å². The zero-order valence-electron chi connectivity index (χ0n) is 13.9. The van der Waals surface area contributed by atoms with Crippen molar-refractivity contribution in [2.75, 3.05) is 37.4 Å². The molecule has 0 aliphatic carbocycles. The first-order valence-corrected chi connectivity index (χ1v) is 7.89. The van der Waals surface area contributed by atoms with Crippen LogP contribution in [0.1, 0.15) is 20.3 Å². The highest BCUT2D eigenvalue weighted by molar-refractivity contribution is 5.97. The number of nitrogens with one attached hydrogen (secondary N) is 3. The molecular weight excluding hydrogens is 294 g/mol. The summed E-state index contributed by atoms with van der Waals surface area (Å²) in [4.78, 5) is 24.4. The summed E-state index contributed by atoms with van der Waals surface area (Å²) in [6.07, 6.45) is 0.746. The van der Waals surface area contributed by atoms with E-state index in [4.69, 9.17) is 4.74 Å². The summed E-state index contributed by atoms with van der Waals surface area (Å²) in [5.41, 5.74) is 0.803. The lowest BCUT2D eigenvalue weighted by molar-refractivity contribution is -0.127. The summed E-state index contributed by atoms with van der Waals surface area (Å²) in [5.74, 6) is -0.205. The van der Waals surface area contributed by atoms with Crippen LogP contribution in [0, 0.1) is 11.3 Å². The topological polar surface area (TPSA) is 79.5 Å². The molecule has 0 radical (unpaired) electrons. The van der Waals surface area contributed by atoms with Gasteiger partial charge in [-0.2, -0.15) is 0 Å². The summed E-state index contributed by atoms with van der Waals surface area (Å²) in [7, 11) is 1.61. The van der Waals surface area contributed by atoms with Crippen molar-refractivity contribution in [1.29, 1.82) is 0 Å². The van der Waals surface area contributed by atoms with Crippen molar-refractivity contribution in [3.05, 3.63) is 24.3 Å². The van der Waals surface area contributed by atoms with Gasteiger partial charge in [0.1, 0.15) is 0 Å². The Morgan fingerprint density at radius 3 is 2.57 bits per heavy atom. The Morgan fingerprint density at radius 1 is 1.30 bits per heavy atom. The molecule has 2 rings (SSSR count). The van der Waals surface area contributed by atoms with Crippen molar-refractivity contribution in [3.8, 4) is 0 Å². The van der Waals surface area contributed by atoms with Gasteiger partial charge in [0.2, 0.25) is 11.8 Å². The lowest BCUT2D eigenvalue weighted by Gasteiger charge is -2.26. The molecule has 3 N–H and O–H groups in total. The van der Waals surface area contributed by atoms with Crippen molar-refractivity contribution >= 4 is 23.2 Å². The third-order valence-electron chi connectivity index (χ3n) is 4.06. The van der Waals surface area contributed by atoms with Gasteiger partial charge < -0.3 is 20.7 Å². The number of rotatable bonds is 6. The number of carbonyl (C=O) groups excluding carboxylic acids is 2. The van der Waals surface area contributed by atoms with Gasteiger partial charge in [0, 0.05) is 30.9 Å². The predicted molar refractivity (Wildman–Crippen MR) is 90.3 cm³/mol. The van der Waals surface area contributed by atoms with Gasteiger partial charge in [0.05, 0.1) is 12.0 Å². The Hall–Kier alpha value is -1.92. The first kappa shape index (κ1) is 17.4. The first-order valence-electron chi connectivity index (χ1n) is 7.89. The lowest BCUT2D eigenvalue weighted by Crippen LogP contribution is -2.41. The summed E-state index contributed by atoms with van der Waals surface area (Å²) >= 11 is 0. The fourth-order valence-corrected chi connectivity index (χ4v) is 2.63. The number of hydrogen-bond donors (Lipinski definition) is 3. The van der Waals surface area contributed by atoms with Crippen LogP contribution in [0.2, 0.25) is 0 Å². The van der Waals surface area contributed by atoms with Gasteiger partial charge in [-0.3, -0.25) is 9.59 Å². The lowest BCUT2D eigenvalue weighted by atomic mass is 9.87. The van der Waals surface area contributed by atoms with Crippen molar-refractivity contribution in [2.24, 2.45) is 11.3 Å². The standard InChI is InChI=1S/C17H25N3O3/c1-12(2)15(21)19-13-5-4-6-14(9-13)20-16(22)17(11-23-3)7-8-18-10-17/h4-6,9,12,18H,7-8,10-11H2,1-3H3,(H,19,21)(H,20,22). The molecule has 0 bridgehead atoms. The molecule has 0 saturated carbocycles. The third kappa shape index (κ3) is 4.30. The largest absolute Gasteiger partial charge is 0.384 e. The predicted octanol–water partition coefficient (Wildman–Crippen LogP) is 1.85.